The van der Waals surface area contributed by atoms with Gasteiger partial charge in [-0.05, 0) is 131 Å². The summed E-state index contributed by atoms with van der Waals surface area (Å²) in [6.07, 6.45) is 11.1. The topological polar surface area (TPSA) is 72.8 Å². The van der Waals surface area contributed by atoms with Crippen molar-refractivity contribution < 1.29 is 24.2 Å². The Morgan fingerprint density at radius 2 is 1.63 bits per heavy atom. The maximum Gasteiger partial charge on any atom is 0.308 e. The molecule has 11 atom stereocenters. The minimum atomic E-state index is -0.697. The Kier molecular flexibility index (Phi) is 8.08. The summed E-state index contributed by atoms with van der Waals surface area (Å²) >= 11 is 0. The van der Waals surface area contributed by atoms with Gasteiger partial charge in [0.2, 0.25) is 6.29 Å². The lowest BCUT2D eigenvalue weighted by molar-refractivity contribution is -0.185. The molecule has 4 aliphatic rings. The fourth-order valence-corrected chi connectivity index (χ4v) is 9.41. The lowest BCUT2D eigenvalue weighted by Gasteiger charge is -2.61. The molecule has 0 aromatic heterocycles. The summed E-state index contributed by atoms with van der Waals surface area (Å²) in [5.74, 6) is 4.07. The first-order valence-electron chi connectivity index (χ1n) is 14.5. The molecule has 5 heteroatoms. The second-order valence-electron chi connectivity index (χ2n) is 13.3. The van der Waals surface area contributed by atoms with Gasteiger partial charge in [-0.1, -0.05) is 20.8 Å². The number of aliphatic hydroxyl groups is 1. The van der Waals surface area contributed by atoms with Crippen molar-refractivity contribution in [2.24, 2.45) is 46.3 Å². The van der Waals surface area contributed by atoms with Crippen molar-refractivity contribution >= 4 is 11.8 Å². The highest BCUT2D eigenvalue weighted by Crippen LogP contribution is 2.68. The quantitative estimate of drug-likeness (QED) is 0.319. The monoisotopic (exact) mass is 490 g/mol. The van der Waals surface area contributed by atoms with Gasteiger partial charge < -0.3 is 14.6 Å². The fourth-order valence-electron chi connectivity index (χ4n) is 9.41. The summed E-state index contributed by atoms with van der Waals surface area (Å²) < 4.78 is 10.9. The van der Waals surface area contributed by atoms with E-state index < -0.39 is 12.4 Å². The van der Waals surface area contributed by atoms with Crippen LogP contribution < -0.4 is 0 Å². The molecule has 4 fully saturated rings. The third kappa shape index (κ3) is 5.23. The molecule has 1 N–H and O–H groups in total. The van der Waals surface area contributed by atoms with Gasteiger partial charge in [-0.25, -0.2) is 0 Å². The van der Waals surface area contributed by atoms with E-state index in [1.165, 1.54) is 51.9 Å². The molecule has 4 aliphatic carbocycles. The van der Waals surface area contributed by atoms with Crippen molar-refractivity contribution in [1.29, 1.82) is 0 Å². The Hall–Kier alpha value is -0.940. The maximum absolute atomic E-state index is 12.5. The number of aliphatic hydroxyl groups excluding tert-OH is 1. The molecule has 4 saturated carbocycles. The molecule has 0 aromatic carbocycles. The number of carbonyl (C=O) groups is 2. The third-order valence-electron chi connectivity index (χ3n) is 11.5. The minimum absolute atomic E-state index is 0.0659. The SMILES string of the molecule is CC(=O)C(C)OC(C)OC(=O)CC[C@@H](C)[C@H]1CC[C@H]2[C@@H]3CC[C@@H]4C[C@H](O)CC[C@]4(C)[C@H]3CC[C@]12C. The van der Waals surface area contributed by atoms with Crippen LogP contribution in [-0.4, -0.2) is 35.4 Å². The average molecular weight is 491 g/mol. The van der Waals surface area contributed by atoms with Crippen molar-refractivity contribution in [3.8, 4) is 0 Å². The van der Waals surface area contributed by atoms with E-state index in [0.29, 0.717) is 35.0 Å². The van der Waals surface area contributed by atoms with Crippen LogP contribution >= 0.6 is 0 Å². The van der Waals surface area contributed by atoms with Crippen LogP contribution in [0.25, 0.3) is 0 Å². The normalized spacial score (nSPS) is 43.3. The number of esters is 1. The maximum atomic E-state index is 12.5. The van der Waals surface area contributed by atoms with Crippen LogP contribution in [0.4, 0.5) is 0 Å². The van der Waals surface area contributed by atoms with Crippen LogP contribution in [-0.2, 0) is 19.1 Å². The Morgan fingerprint density at radius 1 is 0.943 bits per heavy atom. The molecule has 0 aliphatic heterocycles. The summed E-state index contributed by atoms with van der Waals surface area (Å²) in [6.45, 7) is 12.3. The van der Waals surface area contributed by atoms with E-state index >= 15 is 0 Å². The van der Waals surface area contributed by atoms with Gasteiger partial charge in [-0.15, -0.1) is 0 Å². The molecular formula is C30H50O5. The van der Waals surface area contributed by atoms with Crippen LogP contribution in [0.2, 0.25) is 0 Å². The van der Waals surface area contributed by atoms with E-state index in [1.807, 2.05) is 0 Å². The molecule has 0 saturated heterocycles. The van der Waals surface area contributed by atoms with Gasteiger partial charge in [0.15, 0.2) is 5.78 Å². The molecule has 0 spiro atoms. The summed E-state index contributed by atoms with van der Waals surface area (Å²) in [7, 11) is 0. The largest absolute Gasteiger partial charge is 0.436 e. The molecule has 35 heavy (non-hydrogen) atoms. The van der Waals surface area contributed by atoms with Gasteiger partial charge in [0.25, 0.3) is 0 Å². The molecule has 0 amide bonds. The predicted octanol–water partition coefficient (Wildman–Crippen LogP) is 6.31. The van der Waals surface area contributed by atoms with Crippen molar-refractivity contribution in [1.82, 2.24) is 0 Å². The van der Waals surface area contributed by atoms with Crippen LogP contribution in [0, 0.1) is 46.3 Å². The zero-order valence-corrected chi connectivity index (χ0v) is 23.1. The number of carbonyl (C=O) groups excluding carboxylic acids is 2. The second kappa shape index (κ2) is 10.4. The van der Waals surface area contributed by atoms with Crippen molar-refractivity contribution in [2.45, 2.75) is 131 Å². The Balaban J connectivity index is 1.33. The number of hydrogen-bond acceptors (Lipinski definition) is 5. The molecule has 0 heterocycles. The predicted molar refractivity (Wildman–Crippen MR) is 136 cm³/mol. The van der Waals surface area contributed by atoms with Crippen LogP contribution in [0.3, 0.4) is 0 Å². The molecule has 0 radical (unpaired) electrons. The van der Waals surface area contributed by atoms with Crippen LogP contribution in [0.5, 0.6) is 0 Å². The average Bonchev–Trinajstić information content (AvgIpc) is 3.15. The summed E-state index contributed by atoms with van der Waals surface area (Å²) in [6, 6.07) is 0. The molecule has 2 unspecified atom stereocenters. The molecule has 200 valence electrons. The lowest BCUT2D eigenvalue weighted by Crippen LogP contribution is -2.54. The summed E-state index contributed by atoms with van der Waals surface area (Å²) in [5, 5.41) is 10.3. The van der Waals surface area contributed by atoms with Gasteiger partial charge >= 0.3 is 5.97 Å². The van der Waals surface area contributed by atoms with Crippen molar-refractivity contribution in [3.63, 3.8) is 0 Å². The zero-order chi connectivity index (χ0) is 25.5. The molecular weight excluding hydrogens is 440 g/mol. The van der Waals surface area contributed by atoms with E-state index in [9.17, 15) is 14.7 Å². The fraction of sp³-hybridized carbons (Fsp3) is 0.933. The van der Waals surface area contributed by atoms with Gasteiger partial charge in [0, 0.05) is 6.42 Å². The second-order valence-corrected chi connectivity index (χ2v) is 13.3. The first-order chi connectivity index (χ1) is 16.5. The van der Waals surface area contributed by atoms with E-state index in [2.05, 4.69) is 20.8 Å². The third-order valence-corrected chi connectivity index (χ3v) is 11.5. The summed E-state index contributed by atoms with van der Waals surface area (Å²) in [4.78, 5) is 23.8. The number of hydrogen-bond donors (Lipinski definition) is 1. The lowest BCUT2D eigenvalue weighted by atomic mass is 9.44. The highest BCUT2D eigenvalue weighted by atomic mass is 16.7. The van der Waals surface area contributed by atoms with Gasteiger partial charge in [-0.2, -0.15) is 0 Å². The standard InChI is InChI=1S/C30H50O5/c1-18(7-12-28(33)35-21(4)34-20(3)19(2)31)25-10-11-26-24-9-8-22-17-23(32)13-15-29(22,5)27(24)14-16-30(25,26)6/h18,20-27,32H,7-17H2,1-6H3/t18-,20?,21?,22-,23-,24+,25-,26+,27+,29+,30-/m1/s1. The molecule has 0 bridgehead atoms. The Bertz CT molecular complexity index is 781. The first kappa shape index (κ1) is 27.1. The highest BCUT2D eigenvalue weighted by molar-refractivity contribution is 5.80. The first-order valence-corrected chi connectivity index (χ1v) is 14.5. The Labute approximate surface area is 213 Å². The number of Topliss-reactive ketones (excluding diaryl/α,β-unsaturated/α-hetero) is 1. The molecule has 4 rings (SSSR count). The van der Waals surface area contributed by atoms with E-state index in [4.69, 9.17) is 9.47 Å². The summed E-state index contributed by atoms with van der Waals surface area (Å²) in [5.41, 5.74) is 0.810. The van der Waals surface area contributed by atoms with Gasteiger partial charge in [0.05, 0.1) is 6.10 Å². The van der Waals surface area contributed by atoms with Gasteiger partial charge in [0.1, 0.15) is 6.10 Å². The van der Waals surface area contributed by atoms with Gasteiger partial charge in [-0.3, -0.25) is 9.59 Å². The number of rotatable bonds is 8. The van der Waals surface area contributed by atoms with E-state index in [0.717, 1.165) is 37.0 Å². The molecule has 5 nitrogen and oxygen atoms in total. The van der Waals surface area contributed by atoms with E-state index in [1.54, 1.807) is 13.8 Å². The zero-order valence-electron chi connectivity index (χ0n) is 23.1. The number of fused-ring (bicyclic) bond motifs is 5. The minimum Gasteiger partial charge on any atom is -0.436 e. The number of ketones is 1. The molecule has 0 aromatic rings. The number of ether oxygens (including phenoxy) is 2. The highest BCUT2D eigenvalue weighted by Gasteiger charge is 2.60. The Morgan fingerprint density at radius 3 is 2.34 bits per heavy atom. The van der Waals surface area contributed by atoms with Crippen molar-refractivity contribution in [2.75, 3.05) is 0 Å². The van der Waals surface area contributed by atoms with Crippen molar-refractivity contribution in [3.05, 3.63) is 0 Å². The van der Waals surface area contributed by atoms with E-state index in [-0.39, 0.29) is 17.9 Å². The van der Waals surface area contributed by atoms with Crippen LogP contribution in [0.15, 0.2) is 0 Å². The van der Waals surface area contributed by atoms with Crippen LogP contribution in [0.1, 0.15) is 112 Å². The smallest absolute Gasteiger partial charge is 0.308 e.